The summed E-state index contributed by atoms with van der Waals surface area (Å²) in [4.78, 5) is 16.5. The van der Waals surface area contributed by atoms with Gasteiger partial charge in [-0.3, -0.25) is 9.78 Å². The van der Waals surface area contributed by atoms with Gasteiger partial charge in [-0.15, -0.1) is 0 Å². The van der Waals surface area contributed by atoms with Crippen LogP contribution in [0.5, 0.6) is 5.75 Å². The van der Waals surface area contributed by atoms with Crippen LogP contribution in [-0.4, -0.2) is 30.0 Å². The monoisotopic (exact) mass is 339 g/mol. The van der Waals surface area contributed by atoms with Crippen LogP contribution < -0.4 is 15.4 Å². The van der Waals surface area contributed by atoms with Crippen LogP contribution in [0.25, 0.3) is 0 Å². The summed E-state index contributed by atoms with van der Waals surface area (Å²) in [5.41, 5.74) is 3.63. The number of hydrogen-bond donors (Lipinski definition) is 2. The fourth-order valence-electron chi connectivity index (χ4n) is 3.20. The molecule has 2 heterocycles. The van der Waals surface area contributed by atoms with Gasteiger partial charge in [0.1, 0.15) is 12.4 Å². The van der Waals surface area contributed by atoms with Gasteiger partial charge in [-0.05, 0) is 62.6 Å². The number of carbonyl (C=O) groups is 1. The molecule has 1 unspecified atom stereocenters. The number of rotatable bonds is 6. The highest BCUT2D eigenvalue weighted by Gasteiger charge is 2.16. The van der Waals surface area contributed by atoms with Gasteiger partial charge in [-0.1, -0.05) is 6.07 Å². The van der Waals surface area contributed by atoms with E-state index in [-0.39, 0.29) is 5.91 Å². The SMILES string of the molecule is Cc1cc(C(=O)NCC2CCCN2)cc(C)c1OCc1cccnc1. The van der Waals surface area contributed by atoms with Gasteiger partial charge in [-0.2, -0.15) is 0 Å². The summed E-state index contributed by atoms with van der Waals surface area (Å²) in [6.07, 6.45) is 5.85. The Morgan fingerprint density at radius 2 is 2.16 bits per heavy atom. The molecule has 132 valence electrons. The fourth-order valence-corrected chi connectivity index (χ4v) is 3.20. The van der Waals surface area contributed by atoms with E-state index in [9.17, 15) is 4.79 Å². The molecule has 25 heavy (non-hydrogen) atoms. The van der Waals surface area contributed by atoms with Crippen LogP contribution in [0.4, 0.5) is 0 Å². The van der Waals surface area contributed by atoms with Crippen LogP contribution in [0.3, 0.4) is 0 Å². The van der Waals surface area contributed by atoms with E-state index in [1.807, 2.05) is 38.1 Å². The van der Waals surface area contributed by atoms with Crippen molar-refractivity contribution in [2.24, 2.45) is 0 Å². The van der Waals surface area contributed by atoms with Gasteiger partial charge in [0.15, 0.2) is 0 Å². The second-order valence-electron chi connectivity index (χ2n) is 6.59. The molecule has 0 spiro atoms. The summed E-state index contributed by atoms with van der Waals surface area (Å²) < 4.78 is 5.95. The summed E-state index contributed by atoms with van der Waals surface area (Å²) in [6.45, 7) is 6.13. The third-order valence-electron chi connectivity index (χ3n) is 4.50. The number of nitrogens with zero attached hydrogens (tertiary/aromatic N) is 1. The first-order chi connectivity index (χ1) is 12.1. The Morgan fingerprint density at radius 3 is 2.80 bits per heavy atom. The molecule has 1 aliphatic rings. The predicted molar refractivity (Wildman–Crippen MR) is 97.8 cm³/mol. The Morgan fingerprint density at radius 1 is 1.36 bits per heavy atom. The molecule has 1 saturated heterocycles. The number of aryl methyl sites for hydroxylation is 2. The van der Waals surface area contributed by atoms with Gasteiger partial charge >= 0.3 is 0 Å². The Bertz CT molecular complexity index is 702. The molecule has 2 N–H and O–H groups in total. The molecule has 1 aliphatic heterocycles. The van der Waals surface area contributed by atoms with E-state index in [0.717, 1.165) is 35.4 Å². The molecule has 3 rings (SSSR count). The van der Waals surface area contributed by atoms with Crippen LogP contribution in [-0.2, 0) is 6.61 Å². The maximum atomic E-state index is 12.4. The van der Waals surface area contributed by atoms with Crippen LogP contribution in [0.1, 0.15) is 39.9 Å². The average Bonchev–Trinajstić information content (AvgIpc) is 3.13. The smallest absolute Gasteiger partial charge is 0.251 e. The van der Waals surface area contributed by atoms with Gasteiger partial charge in [-0.25, -0.2) is 0 Å². The number of carbonyl (C=O) groups excluding carboxylic acids is 1. The highest BCUT2D eigenvalue weighted by Crippen LogP contribution is 2.25. The van der Waals surface area contributed by atoms with Crippen molar-refractivity contribution >= 4 is 5.91 Å². The number of benzene rings is 1. The quantitative estimate of drug-likeness (QED) is 0.849. The topological polar surface area (TPSA) is 63.2 Å². The zero-order valence-electron chi connectivity index (χ0n) is 14.8. The lowest BCUT2D eigenvalue weighted by Crippen LogP contribution is -2.37. The minimum absolute atomic E-state index is 0.0290. The lowest BCUT2D eigenvalue weighted by Gasteiger charge is -2.15. The zero-order chi connectivity index (χ0) is 17.6. The van der Waals surface area contributed by atoms with Gasteiger partial charge in [0.05, 0.1) is 0 Å². The third-order valence-corrected chi connectivity index (χ3v) is 4.50. The molecule has 1 atom stereocenters. The van der Waals surface area contributed by atoms with E-state index in [1.165, 1.54) is 6.42 Å². The zero-order valence-corrected chi connectivity index (χ0v) is 14.8. The first-order valence-electron chi connectivity index (χ1n) is 8.78. The molecular formula is C20H25N3O2. The first kappa shape index (κ1) is 17.4. The molecule has 1 fully saturated rings. The highest BCUT2D eigenvalue weighted by atomic mass is 16.5. The van der Waals surface area contributed by atoms with Crippen molar-refractivity contribution in [2.75, 3.05) is 13.1 Å². The third kappa shape index (κ3) is 4.57. The van der Waals surface area contributed by atoms with Crippen LogP contribution >= 0.6 is 0 Å². The molecule has 1 aromatic carbocycles. The lowest BCUT2D eigenvalue weighted by atomic mass is 10.0. The van der Waals surface area contributed by atoms with Crippen molar-refractivity contribution < 1.29 is 9.53 Å². The van der Waals surface area contributed by atoms with E-state index in [2.05, 4.69) is 15.6 Å². The van der Waals surface area contributed by atoms with Gasteiger partial charge in [0, 0.05) is 36.1 Å². The standard InChI is InChI=1S/C20H25N3O2/c1-14-9-17(20(24)23-12-18-6-4-8-22-18)10-15(2)19(14)25-13-16-5-3-7-21-11-16/h3,5,7,9-11,18,22H,4,6,8,12-13H2,1-2H3,(H,23,24). The van der Waals surface area contributed by atoms with Gasteiger partial charge < -0.3 is 15.4 Å². The summed E-state index contributed by atoms with van der Waals surface area (Å²) in [6, 6.07) is 8.06. The van der Waals surface area contributed by atoms with Crippen molar-refractivity contribution in [1.29, 1.82) is 0 Å². The average molecular weight is 339 g/mol. The number of pyridine rings is 1. The molecule has 0 saturated carbocycles. The molecule has 0 radical (unpaired) electrons. The predicted octanol–water partition coefficient (Wildman–Crippen LogP) is 2.76. The molecule has 1 amide bonds. The normalized spacial score (nSPS) is 16.6. The maximum Gasteiger partial charge on any atom is 0.251 e. The molecule has 0 bridgehead atoms. The minimum Gasteiger partial charge on any atom is -0.488 e. The summed E-state index contributed by atoms with van der Waals surface area (Å²) in [5, 5.41) is 6.41. The molecule has 5 heteroatoms. The van der Waals surface area contributed by atoms with Crippen molar-refractivity contribution in [3.05, 3.63) is 58.9 Å². The summed E-state index contributed by atoms with van der Waals surface area (Å²) in [5.74, 6) is 0.802. The van der Waals surface area contributed by atoms with Crippen molar-refractivity contribution in [2.45, 2.75) is 39.3 Å². The van der Waals surface area contributed by atoms with Crippen molar-refractivity contribution in [1.82, 2.24) is 15.6 Å². The molecular weight excluding hydrogens is 314 g/mol. The second kappa shape index (κ2) is 8.12. The Kier molecular flexibility index (Phi) is 5.66. The molecule has 1 aromatic heterocycles. The minimum atomic E-state index is -0.0290. The van der Waals surface area contributed by atoms with E-state index in [1.54, 1.807) is 12.4 Å². The van der Waals surface area contributed by atoms with Gasteiger partial charge in [0.2, 0.25) is 0 Å². The number of amides is 1. The van der Waals surface area contributed by atoms with E-state index >= 15 is 0 Å². The molecule has 0 aliphatic carbocycles. The summed E-state index contributed by atoms with van der Waals surface area (Å²) >= 11 is 0. The highest BCUT2D eigenvalue weighted by molar-refractivity contribution is 5.94. The number of ether oxygens (including phenoxy) is 1. The number of hydrogen-bond acceptors (Lipinski definition) is 4. The molecule has 5 nitrogen and oxygen atoms in total. The number of nitrogens with one attached hydrogen (secondary N) is 2. The largest absolute Gasteiger partial charge is 0.488 e. The van der Waals surface area contributed by atoms with Crippen molar-refractivity contribution in [3.8, 4) is 5.75 Å². The first-order valence-corrected chi connectivity index (χ1v) is 8.78. The Hall–Kier alpha value is -2.40. The van der Waals surface area contributed by atoms with Crippen LogP contribution in [0.2, 0.25) is 0 Å². The Balaban J connectivity index is 1.63. The van der Waals surface area contributed by atoms with E-state index < -0.39 is 0 Å². The number of aromatic nitrogens is 1. The second-order valence-corrected chi connectivity index (χ2v) is 6.59. The van der Waals surface area contributed by atoms with Crippen LogP contribution in [0, 0.1) is 13.8 Å². The van der Waals surface area contributed by atoms with E-state index in [4.69, 9.17) is 4.74 Å². The Labute approximate surface area is 148 Å². The lowest BCUT2D eigenvalue weighted by molar-refractivity contribution is 0.0950. The van der Waals surface area contributed by atoms with Crippen LogP contribution in [0.15, 0.2) is 36.7 Å². The van der Waals surface area contributed by atoms with E-state index in [0.29, 0.717) is 24.8 Å². The maximum absolute atomic E-state index is 12.4. The van der Waals surface area contributed by atoms with Gasteiger partial charge in [0.25, 0.3) is 5.91 Å². The summed E-state index contributed by atoms with van der Waals surface area (Å²) in [7, 11) is 0. The fraction of sp³-hybridized carbons (Fsp3) is 0.400. The molecule has 2 aromatic rings. The van der Waals surface area contributed by atoms with Crippen molar-refractivity contribution in [3.63, 3.8) is 0 Å².